The lowest BCUT2D eigenvalue weighted by Crippen LogP contribution is -2.32. The van der Waals surface area contributed by atoms with Crippen LogP contribution in [0.25, 0.3) is 0 Å². The summed E-state index contributed by atoms with van der Waals surface area (Å²) in [6, 6.07) is 2.17. The summed E-state index contributed by atoms with van der Waals surface area (Å²) in [5, 5.41) is 25.9. The zero-order valence-electron chi connectivity index (χ0n) is 16.8. The molecule has 166 valence electrons. The van der Waals surface area contributed by atoms with Gasteiger partial charge in [0.15, 0.2) is 0 Å². The van der Waals surface area contributed by atoms with E-state index in [1.165, 1.54) is 6.20 Å². The maximum Gasteiger partial charge on any atom is 0.411 e. The number of nitrogens with zero attached hydrogens (tertiary/aromatic N) is 3. The summed E-state index contributed by atoms with van der Waals surface area (Å²) in [6.45, 7) is -1.21. The molecule has 7 nitrogen and oxygen atoms in total. The monoisotopic (exact) mass is 427 g/mol. The number of hydrogen-bond donors (Lipinski definition) is 3. The van der Waals surface area contributed by atoms with Gasteiger partial charge in [0.1, 0.15) is 24.1 Å². The predicted molar refractivity (Wildman–Crippen MR) is 105 cm³/mol. The van der Waals surface area contributed by atoms with Crippen LogP contribution in [0, 0.1) is 11.3 Å². The Morgan fingerprint density at radius 2 is 1.83 bits per heavy atom. The Hall–Kier alpha value is -2.12. The van der Waals surface area contributed by atoms with Gasteiger partial charge in [0.05, 0.1) is 18.4 Å². The van der Waals surface area contributed by atoms with Crippen LogP contribution in [0.4, 0.5) is 24.9 Å². The number of nitrogens with one attached hydrogen (secondary N) is 2. The molecule has 0 aromatic carbocycles. The van der Waals surface area contributed by atoms with Gasteiger partial charge in [0, 0.05) is 12.1 Å². The van der Waals surface area contributed by atoms with Crippen molar-refractivity contribution in [1.29, 1.82) is 5.26 Å². The first kappa shape index (κ1) is 22.6. The number of alkyl halides is 3. The maximum absolute atomic E-state index is 12.3. The van der Waals surface area contributed by atoms with E-state index in [2.05, 4.69) is 26.7 Å². The van der Waals surface area contributed by atoms with Crippen molar-refractivity contribution >= 4 is 11.8 Å². The van der Waals surface area contributed by atoms with Crippen molar-refractivity contribution in [1.82, 2.24) is 9.97 Å². The van der Waals surface area contributed by atoms with Crippen molar-refractivity contribution in [2.45, 2.75) is 88.3 Å². The minimum atomic E-state index is -4.30. The van der Waals surface area contributed by atoms with Gasteiger partial charge >= 0.3 is 6.18 Å². The minimum absolute atomic E-state index is 0.0382. The Morgan fingerprint density at radius 1 is 1.10 bits per heavy atom. The van der Waals surface area contributed by atoms with Crippen LogP contribution < -0.4 is 10.6 Å². The van der Waals surface area contributed by atoms with Crippen LogP contribution >= 0.6 is 0 Å². The molecule has 10 heteroatoms. The molecule has 30 heavy (non-hydrogen) atoms. The maximum atomic E-state index is 12.3. The van der Waals surface area contributed by atoms with E-state index in [0.29, 0.717) is 49.4 Å². The predicted octanol–water partition coefficient (Wildman–Crippen LogP) is 3.76. The van der Waals surface area contributed by atoms with Crippen LogP contribution in [0.15, 0.2) is 6.20 Å². The molecule has 0 amide bonds. The third-order valence-corrected chi connectivity index (χ3v) is 5.64. The van der Waals surface area contributed by atoms with Gasteiger partial charge in [0.2, 0.25) is 5.95 Å². The number of anilines is 2. The second kappa shape index (κ2) is 10.3. The number of rotatable bonds is 6. The van der Waals surface area contributed by atoms with Crippen LogP contribution in [-0.2, 0) is 4.74 Å². The van der Waals surface area contributed by atoms with E-state index in [4.69, 9.17) is 4.74 Å². The molecule has 0 aliphatic heterocycles. The molecule has 0 bridgehead atoms. The summed E-state index contributed by atoms with van der Waals surface area (Å²) in [7, 11) is 0. The fraction of sp³-hybridized carbons (Fsp3) is 0.750. The molecule has 0 saturated heterocycles. The molecule has 1 heterocycles. The van der Waals surface area contributed by atoms with Crippen LogP contribution in [0.2, 0.25) is 0 Å². The molecule has 3 N–H and O–H groups in total. The lowest BCUT2D eigenvalue weighted by molar-refractivity contribution is -0.187. The number of aliphatic hydroxyl groups excluding tert-OH is 1. The van der Waals surface area contributed by atoms with E-state index in [-0.39, 0.29) is 24.3 Å². The summed E-state index contributed by atoms with van der Waals surface area (Å²) < 4.78 is 41.8. The Morgan fingerprint density at radius 3 is 2.53 bits per heavy atom. The van der Waals surface area contributed by atoms with Gasteiger partial charge in [-0.15, -0.1) is 0 Å². The van der Waals surface area contributed by atoms with Crippen LogP contribution in [-0.4, -0.2) is 52.1 Å². The number of hydrogen-bond acceptors (Lipinski definition) is 7. The summed E-state index contributed by atoms with van der Waals surface area (Å²) in [5.74, 6) is 0.821. The second-order valence-corrected chi connectivity index (χ2v) is 8.13. The van der Waals surface area contributed by atoms with Crippen molar-refractivity contribution in [3.05, 3.63) is 11.8 Å². The van der Waals surface area contributed by atoms with Gasteiger partial charge in [0.25, 0.3) is 0 Å². The molecular formula is C20H28F3N5O2. The van der Waals surface area contributed by atoms with Crippen molar-refractivity contribution < 1.29 is 23.0 Å². The van der Waals surface area contributed by atoms with Crippen LogP contribution in [0.3, 0.4) is 0 Å². The Kier molecular flexibility index (Phi) is 7.72. The fourth-order valence-electron chi connectivity index (χ4n) is 4.07. The standard InChI is InChI=1S/C20H28F3N5O2/c21-20(22,23)12-30-17-7-5-14(6-8-17)27-19-25-11-13(10-24)18(28-19)26-15-3-1-2-4-16(29)9-15/h11,14-17,29H,1-9,12H2,(H2,25,26,27,28)/t14?,15-,16-,17?/m1/s1. The van der Waals surface area contributed by atoms with Gasteiger partial charge < -0.3 is 20.5 Å². The quantitative estimate of drug-likeness (QED) is 0.594. The summed E-state index contributed by atoms with van der Waals surface area (Å²) in [4.78, 5) is 8.66. The average Bonchev–Trinajstić information content (AvgIpc) is 2.91. The lowest BCUT2D eigenvalue weighted by Gasteiger charge is -2.29. The highest BCUT2D eigenvalue weighted by Gasteiger charge is 2.31. The van der Waals surface area contributed by atoms with E-state index in [1.54, 1.807) is 0 Å². The van der Waals surface area contributed by atoms with Gasteiger partial charge in [-0.1, -0.05) is 12.8 Å². The highest BCUT2D eigenvalue weighted by Crippen LogP contribution is 2.27. The number of nitriles is 1. The van der Waals surface area contributed by atoms with Crippen molar-refractivity contribution in [3.63, 3.8) is 0 Å². The fourth-order valence-corrected chi connectivity index (χ4v) is 4.07. The minimum Gasteiger partial charge on any atom is -0.393 e. The zero-order valence-corrected chi connectivity index (χ0v) is 16.8. The number of ether oxygens (including phenoxy) is 1. The smallest absolute Gasteiger partial charge is 0.393 e. The normalized spacial score (nSPS) is 27.7. The van der Waals surface area contributed by atoms with E-state index < -0.39 is 12.8 Å². The molecule has 0 spiro atoms. The molecule has 0 radical (unpaired) electrons. The molecule has 3 rings (SSSR count). The molecule has 2 aliphatic carbocycles. The van der Waals surface area contributed by atoms with Crippen molar-refractivity contribution in [2.24, 2.45) is 0 Å². The van der Waals surface area contributed by atoms with Crippen LogP contribution in [0.5, 0.6) is 0 Å². The largest absolute Gasteiger partial charge is 0.411 e. The molecule has 2 fully saturated rings. The number of halogens is 3. The number of aromatic nitrogens is 2. The first-order chi connectivity index (χ1) is 14.3. The molecule has 2 atom stereocenters. The van der Waals surface area contributed by atoms with Gasteiger partial charge in [-0.2, -0.15) is 23.4 Å². The summed E-state index contributed by atoms with van der Waals surface area (Å²) >= 11 is 0. The van der Waals surface area contributed by atoms with E-state index in [9.17, 15) is 23.5 Å². The molecule has 2 aliphatic rings. The average molecular weight is 427 g/mol. The third kappa shape index (κ3) is 6.99. The second-order valence-electron chi connectivity index (χ2n) is 8.13. The molecule has 2 saturated carbocycles. The molecular weight excluding hydrogens is 399 g/mol. The Labute approximate surface area is 174 Å². The molecule has 0 unspecified atom stereocenters. The van der Waals surface area contributed by atoms with Gasteiger partial charge in [-0.05, 0) is 44.9 Å². The first-order valence-corrected chi connectivity index (χ1v) is 10.5. The van der Waals surface area contributed by atoms with Gasteiger partial charge in [-0.25, -0.2) is 4.98 Å². The number of aliphatic hydroxyl groups is 1. The zero-order chi connectivity index (χ0) is 21.6. The molecule has 1 aromatic heterocycles. The lowest BCUT2D eigenvalue weighted by atomic mass is 9.93. The topological polar surface area (TPSA) is 103 Å². The first-order valence-electron chi connectivity index (χ1n) is 10.5. The highest BCUT2D eigenvalue weighted by atomic mass is 19.4. The SMILES string of the molecule is N#Cc1cnc(NC2CCC(OCC(F)(F)F)CC2)nc1N[C@@H]1CCCC[C@@H](O)C1. The summed E-state index contributed by atoms with van der Waals surface area (Å²) in [5.41, 5.74) is 0.337. The Balaban J connectivity index is 1.55. The Bertz CT molecular complexity index is 732. The van der Waals surface area contributed by atoms with Gasteiger partial charge in [-0.3, -0.25) is 0 Å². The summed E-state index contributed by atoms with van der Waals surface area (Å²) in [6.07, 6.45) is 3.09. The van der Waals surface area contributed by atoms with Crippen molar-refractivity contribution in [3.8, 4) is 6.07 Å². The van der Waals surface area contributed by atoms with Crippen molar-refractivity contribution in [2.75, 3.05) is 17.2 Å². The third-order valence-electron chi connectivity index (χ3n) is 5.64. The van der Waals surface area contributed by atoms with E-state index >= 15 is 0 Å². The van der Waals surface area contributed by atoms with E-state index in [1.807, 2.05) is 0 Å². The molecule has 1 aromatic rings. The highest BCUT2D eigenvalue weighted by molar-refractivity contribution is 5.54. The van der Waals surface area contributed by atoms with Crippen LogP contribution in [0.1, 0.15) is 63.4 Å². The van der Waals surface area contributed by atoms with E-state index in [0.717, 1.165) is 25.7 Å².